The number of ketones is 1. The summed E-state index contributed by atoms with van der Waals surface area (Å²) in [5.74, 6) is -1.61. The second kappa shape index (κ2) is 5.88. The Morgan fingerprint density at radius 3 is 2.38 bits per heavy atom. The molecule has 1 aliphatic heterocycles. The normalized spacial score (nSPS) is 20.2. The van der Waals surface area contributed by atoms with Crippen LogP contribution in [0.4, 0.5) is 9.18 Å². The highest BCUT2D eigenvalue weighted by atomic mass is 19.1. The zero-order chi connectivity index (χ0) is 17.3. The topological polar surface area (TPSA) is 66.5 Å². The first-order chi connectivity index (χ1) is 11.4. The van der Waals surface area contributed by atoms with E-state index in [0.29, 0.717) is 5.56 Å². The standard InChI is InChI=1S/C18H15FN2O3/c1-18(13-9-5-6-10-14(13)19)16(23)21(17(24)20-18)11-15(22)12-7-3-2-4-8-12/h2-10H,11H2,1H3,(H,20,24)/t18-/m1/s1. The molecule has 1 atom stereocenters. The lowest BCUT2D eigenvalue weighted by atomic mass is 9.91. The minimum Gasteiger partial charge on any atom is -0.319 e. The Bertz CT molecular complexity index is 822. The third-order valence-electron chi connectivity index (χ3n) is 4.08. The van der Waals surface area contributed by atoms with Gasteiger partial charge in [-0.15, -0.1) is 0 Å². The number of amides is 3. The Morgan fingerprint density at radius 1 is 1.08 bits per heavy atom. The summed E-state index contributed by atoms with van der Waals surface area (Å²) in [6.45, 7) is 1.04. The van der Waals surface area contributed by atoms with Crippen LogP contribution in [0.15, 0.2) is 54.6 Å². The molecule has 5 nitrogen and oxygen atoms in total. The third kappa shape index (κ3) is 2.56. The van der Waals surface area contributed by atoms with Crippen molar-refractivity contribution in [3.8, 4) is 0 Å². The second-order valence-corrected chi connectivity index (χ2v) is 5.72. The van der Waals surface area contributed by atoms with E-state index in [2.05, 4.69) is 5.32 Å². The fraction of sp³-hybridized carbons (Fsp3) is 0.167. The summed E-state index contributed by atoms with van der Waals surface area (Å²) in [6, 6.07) is 13.4. The highest BCUT2D eigenvalue weighted by Crippen LogP contribution is 2.30. The molecule has 0 saturated carbocycles. The van der Waals surface area contributed by atoms with Crippen LogP contribution in [0.2, 0.25) is 0 Å². The molecule has 1 saturated heterocycles. The van der Waals surface area contributed by atoms with Crippen LogP contribution in [-0.2, 0) is 10.3 Å². The van der Waals surface area contributed by atoms with Crippen LogP contribution in [0, 0.1) is 5.82 Å². The van der Waals surface area contributed by atoms with Gasteiger partial charge < -0.3 is 5.32 Å². The van der Waals surface area contributed by atoms with Crippen LogP contribution in [0.1, 0.15) is 22.8 Å². The van der Waals surface area contributed by atoms with Crippen LogP contribution in [0.3, 0.4) is 0 Å². The first kappa shape index (κ1) is 15.9. The predicted octanol–water partition coefficient (Wildman–Crippen LogP) is 2.48. The summed E-state index contributed by atoms with van der Waals surface area (Å²) >= 11 is 0. The van der Waals surface area contributed by atoms with Gasteiger partial charge in [-0.1, -0.05) is 48.5 Å². The molecule has 0 radical (unpaired) electrons. The van der Waals surface area contributed by atoms with Gasteiger partial charge in [0.05, 0.1) is 6.54 Å². The van der Waals surface area contributed by atoms with Gasteiger partial charge >= 0.3 is 6.03 Å². The van der Waals surface area contributed by atoms with Gasteiger partial charge in [-0.25, -0.2) is 9.18 Å². The molecule has 1 aliphatic rings. The van der Waals surface area contributed by atoms with Gasteiger partial charge in [0.1, 0.15) is 11.4 Å². The quantitative estimate of drug-likeness (QED) is 0.693. The molecule has 2 aromatic carbocycles. The maximum Gasteiger partial charge on any atom is 0.325 e. The number of rotatable bonds is 4. The second-order valence-electron chi connectivity index (χ2n) is 5.72. The Balaban J connectivity index is 1.87. The van der Waals surface area contributed by atoms with Crippen LogP contribution in [0.5, 0.6) is 0 Å². The van der Waals surface area contributed by atoms with E-state index in [4.69, 9.17) is 0 Å². The SMILES string of the molecule is C[C@]1(c2ccccc2F)NC(=O)N(CC(=O)c2ccccc2)C1=O. The van der Waals surface area contributed by atoms with Crippen molar-refractivity contribution in [3.05, 3.63) is 71.5 Å². The van der Waals surface area contributed by atoms with Crippen molar-refractivity contribution in [2.24, 2.45) is 0 Å². The molecule has 0 spiro atoms. The molecule has 6 heteroatoms. The van der Waals surface area contributed by atoms with Crippen molar-refractivity contribution in [2.75, 3.05) is 6.54 Å². The van der Waals surface area contributed by atoms with Crippen molar-refractivity contribution >= 4 is 17.7 Å². The van der Waals surface area contributed by atoms with E-state index in [0.717, 1.165) is 4.90 Å². The van der Waals surface area contributed by atoms with Crippen LogP contribution >= 0.6 is 0 Å². The predicted molar refractivity (Wildman–Crippen MR) is 84.8 cm³/mol. The lowest BCUT2D eigenvalue weighted by molar-refractivity contribution is -0.130. The summed E-state index contributed by atoms with van der Waals surface area (Å²) < 4.78 is 14.1. The number of Topliss-reactive ketones (excluding diaryl/α,β-unsaturated/α-hetero) is 1. The molecule has 1 heterocycles. The molecule has 0 unspecified atom stereocenters. The number of halogens is 1. The van der Waals surface area contributed by atoms with Crippen LogP contribution in [-0.4, -0.2) is 29.2 Å². The van der Waals surface area contributed by atoms with E-state index in [1.54, 1.807) is 36.4 Å². The summed E-state index contributed by atoms with van der Waals surface area (Å²) in [5.41, 5.74) is -1.06. The van der Waals surface area contributed by atoms with Gasteiger partial charge in [-0.3, -0.25) is 14.5 Å². The minimum absolute atomic E-state index is 0.0676. The van der Waals surface area contributed by atoms with Gasteiger partial charge in [-0.05, 0) is 13.0 Å². The van der Waals surface area contributed by atoms with Gasteiger partial charge in [0.15, 0.2) is 5.78 Å². The summed E-state index contributed by atoms with van der Waals surface area (Å²) in [5, 5.41) is 2.49. The lowest BCUT2D eigenvalue weighted by Crippen LogP contribution is -2.42. The van der Waals surface area contributed by atoms with E-state index < -0.39 is 29.8 Å². The fourth-order valence-electron chi connectivity index (χ4n) is 2.75. The van der Waals surface area contributed by atoms with Crippen LogP contribution in [0.25, 0.3) is 0 Å². The Kier molecular flexibility index (Phi) is 3.89. The summed E-state index contributed by atoms with van der Waals surface area (Å²) in [7, 11) is 0. The van der Waals surface area contributed by atoms with Crippen LogP contribution < -0.4 is 5.32 Å². The van der Waals surface area contributed by atoms with Crippen molar-refractivity contribution < 1.29 is 18.8 Å². The van der Waals surface area contributed by atoms with Crippen molar-refractivity contribution in [3.63, 3.8) is 0 Å². The number of urea groups is 1. The van der Waals surface area contributed by atoms with Crippen molar-refractivity contribution in [2.45, 2.75) is 12.5 Å². The number of benzene rings is 2. The molecule has 1 N–H and O–H groups in total. The molecule has 0 bridgehead atoms. The van der Waals surface area contributed by atoms with E-state index >= 15 is 0 Å². The molecule has 1 fully saturated rings. The maximum atomic E-state index is 14.1. The van der Waals surface area contributed by atoms with Gasteiger partial charge in [0.25, 0.3) is 5.91 Å². The van der Waals surface area contributed by atoms with Gasteiger partial charge in [0, 0.05) is 11.1 Å². The monoisotopic (exact) mass is 326 g/mol. The largest absolute Gasteiger partial charge is 0.325 e. The van der Waals surface area contributed by atoms with Crippen molar-refractivity contribution in [1.29, 1.82) is 0 Å². The van der Waals surface area contributed by atoms with E-state index in [1.807, 2.05) is 0 Å². The smallest absolute Gasteiger partial charge is 0.319 e. The molecule has 2 aromatic rings. The Morgan fingerprint density at radius 2 is 1.71 bits per heavy atom. The molecule has 3 amide bonds. The zero-order valence-corrected chi connectivity index (χ0v) is 13.0. The Labute approximate surface area is 138 Å². The molecule has 24 heavy (non-hydrogen) atoms. The third-order valence-corrected chi connectivity index (χ3v) is 4.08. The molecule has 3 rings (SSSR count). The molecule has 0 aliphatic carbocycles. The molecule has 122 valence electrons. The molecule has 0 aromatic heterocycles. The zero-order valence-electron chi connectivity index (χ0n) is 13.0. The first-order valence-electron chi connectivity index (χ1n) is 7.41. The number of imide groups is 1. The molecular weight excluding hydrogens is 311 g/mol. The van der Waals surface area contributed by atoms with E-state index in [9.17, 15) is 18.8 Å². The lowest BCUT2D eigenvalue weighted by Gasteiger charge is -2.22. The number of carbonyl (C=O) groups excluding carboxylic acids is 3. The highest BCUT2D eigenvalue weighted by Gasteiger charge is 2.50. The summed E-state index contributed by atoms with van der Waals surface area (Å²) in [6.07, 6.45) is 0. The number of hydrogen-bond acceptors (Lipinski definition) is 3. The Hall–Kier alpha value is -3.02. The van der Waals surface area contributed by atoms with Gasteiger partial charge in [0.2, 0.25) is 0 Å². The average molecular weight is 326 g/mol. The minimum atomic E-state index is -1.53. The van der Waals surface area contributed by atoms with Gasteiger partial charge in [-0.2, -0.15) is 0 Å². The molecular formula is C18H15FN2O3. The highest BCUT2D eigenvalue weighted by molar-refractivity contribution is 6.11. The summed E-state index contributed by atoms with van der Waals surface area (Å²) in [4.78, 5) is 37.9. The number of carbonyl (C=O) groups is 3. The average Bonchev–Trinajstić information content (AvgIpc) is 2.80. The van der Waals surface area contributed by atoms with Crippen molar-refractivity contribution in [1.82, 2.24) is 10.2 Å². The number of nitrogens with zero attached hydrogens (tertiary/aromatic N) is 1. The maximum absolute atomic E-state index is 14.1. The van der Waals surface area contributed by atoms with E-state index in [-0.39, 0.29) is 11.3 Å². The van der Waals surface area contributed by atoms with E-state index in [1.165, 1.54) is 25.1 Å². The number of hydrogen-bond donors (Lipinski definition) is 1. The first-order valence-corrected chi connectivity index (χ1v) is 7.41. The number of nitrogens with one attached hydrogen (secondary N) is 1. The fourth-order valence-corrected chi connectivity index (χ4v) is 2.75.